The van der Waals surface area contributed by atoms with Crippen LogP contribution in [0.15, 0.2) is 74.0 Å². The first kappa shape index (κ1) is 35.6. The molecular weight excluding hydrogens is 713 g/mol. The zero-order chi connectivity index (χ0) is 36.8. The van der Waals surface area contributed by atoms with Gasteiger partial charge in [-0.1, -0.05) is 12.1 Å². The van der Waals surface area contributed by atoms with E-state index in [0.717, 1.165) is 30.2 Å². The van der Waals surface area contributed by atoms with Crippen molar-refractivity contribution in [1.29, 1.82) is 0 Å². The first-order chi connectivity index (χ1) is 23.9. The average molecular weight is 747 g/mol. The van der Waals surface area contributed by atoms with E-state index in [1.54, 1.807) is 12.1 Å². The fourth-order valence-corrected chi connectivity index (χ4v) is 7.08. The lowest BCUT2D eigenvalue weighted by Crippen LogP contribution is -2.34. The average Bonchev–Trinajstić information content (AvgIpc) is 3.82. The molecule has 0 fully saturated rings. The number of para-hydroxylation sites is 1. The van der Waals surface area contributed by atoms with Crippen molar-refractivity contribution in [3.05, 3.63) is 77.2 Å². The maximum Gasteiger partial charge on any atom is 0.333 e. The molecule has 2 aromatic heterocycles. The molecule has 6 N–H and O–H groups in total. The molecule has 0 aliphatic carbocycles. The van der Waals surface area contributed by atoms with Crippen LogP contribution in [0.2, 0.25) is 0 Å². The first-order valence-corrected chi connectivity index (χ1v) is 18.4. The Hall–Kier alpha value is -5.24. The topological polar surface area (TPSA) is 245 Å². The zero-order valence-electron chi connectivity index (χ0n) is 27.4. The zero-order valence-corrected chi connectivity index (χ0v) is 29.1. The summed E-state index contributed by atoms with van der Waals surface area (Å²) < 4.78 is 82.5. The lowest BCUT2D eigenvalue weighted by Gasteiger charge is -2.25. The van der Waals surface area contributed by atoms with E-state index < -0.39 is 53.5 Å². The van der Waals surface area contributed by atoms with Gasteiger partial charge >= 0.3 is 12.1 Å². The van der Waals surface area contributed by atoms with Gasteiger partial charge in [0.15, 0.2) is 11.5 Å². The third-order valence-corrected chi connectivity index (χ3v) is 10.3. The fourth-order valence-electron chi connectivity index (χ4n) is 5.38. The van der Waals surface area contributed by atoms with Gasteiger partial charge in [0.1, 0.15) is 19.0 Å². The minimum absolute atomic E-state index is 0.00228. The van der Waals surface area contributed by atoms with E-state index in [2.05, 4.69) is 10.6 Å². The van der Waals surface area contributed by atoms with Crippen LogP contribution in [0.5, 0.6) is 17.2 Å². The van der Waals surface area contributed by atoms with Crippen LogP contribution in [-0.2, 0) is 44.1 Å². The molecule has 2 aliphatic heterocycles. The maximum atomic E-state index is 13.0. The molecule has 0 spiro atoms. The molecular formula is C32H34N4O13S2. The monoisotopic (exact) mass is 746 g/mol. The minimum Gasteiger partial charge on any atom is -0.491 e. The molecule has 1 unspecified atom stereocenters. The predicted molar refractivity (Wildman–Crippen MR) is 178 cm³/mol. The molecule has 0 bridgehead atoms. The SMILES string of the molecule is CC(C)(O)c1coc(S(=O)(=O)NC(=O)Nc2cc(CC(C)(O)c3coc(S(=O)(=O)NC(=O)Nc4cccc5c4OCC5)c3)cc3c2OCCO3)c1. The summed E-state index contributed by atoms with van der Waals surface area (Å²) in [7, 11) is -9.02. The second kappa shape index (κ2) is 13.1. The van der Waals surface area contributed by atoms with Gasteiger partial charge in [0.25, 0.3) is 20.0 Å². The third-order valence-electron chi connectivity index (χ3n) is 7.92. The number of aliphatic hydroxyl groups is 2. The van der Waals surface area contributed by atoms with Crippen molar-refractivity contribution in [1.82, 2.24) is 9.44 Å². The largest absolute Gasteiger partial charge is 0.491 e. The van der Waals surface area contributed by atoms with Crippen LogP contribution >= 0.6 is 0 Å². The Bertz CT molecular complexity index is 2220. The summed E-state index contributed by atoms with van der Waals surface area (Å²) in [4.78, 5) is 25.5. The summed E-state index contributed by atoms with van der Waals surface area (Å²) in [6, 6.07) is 7.98. The van der Waals surface area contributed by atoms with Crippen LogP contribution in [0.1, 0.15) is 43.0 Å². The molecule has 51 heavy (non-hydrogen) atoms. The number of carbonyl (C=O) groups excluding carboxylic acids is 2. The number of amides is 4. The van der Waals surface area contributed by atoms with Crippen molar-refractivity contribution in [2.24, 2.45) is 0 Å². The molecule has 0 radical (unpaired) electrons. The molecule has 0 saturated carbocycles. The van der Waals surface area contributed by atoms with Crippen molar-refractivity contribution < 1.29 is 59.7 Å². The molecule has 6 rings (SSSR count). The van der Waals surface area contributed by atoms with Gasteiger partial charge in [-0.25, -0.2) is 19.0 Å². The van der Waals surface area contributed by atoms with Crippen LogP contribution in [-0.4, -0.2) is 58.9 Å². The molecule has 19 heteroatoms. The van der Waals surface area contributed by atoms with E-state index >= 15 is 0 Å². The Labute approximate surface area is 292 Å². The van der Waals surface area contributed by atoms with Gasteiger partial charge in [-0.2, -0.15) is 16.8 Å². The summed E-state index contributed by atoms with van der Waals surface area (Å²) in [6.07, 6.45) is 2.55. The summed E-state index contributed by atoms with van der Waals surface area (Å²) in [6.45, 7) is 4.98. The number of furan rings is 2. The number of rotatable bonds is 10. The van der Waals surface area contributed by atoms with E-state index in [1.165, 1.54) is 32.9 Å². The number of urea groups is 2. The molecule has 4 heterocycles. The highest BCUT2D eigenvalue weighted by molar-refractivity contribution is 7.90. The number of ether oxygens (including phenoxy) is 3. The highest BCUT2D eigenvalue weighted by atomic mass is 32.2. The van der Waals surface area contributed by atoms with Crippen LogP contribution in [0, 0.1) is 0 Å². The number of fused-ring (bicyclic) bond motifs is 2. The number of nitrogens with one attached hydrogen (secondary N) is 4. The second-order valence-corrected chi connectivity index (χ2v) is 15.7. The normalized spacial score (nSPS) is 15.2. The van der Waals surface area contributed by atoms with E-state index in [-0.39, 0.29) is 47.9 Å². The smallest absolute Gasteiger partial charge is 0.333 e. The molecule has 17 nitrogen and oxygen atoms in total. The highest BCUT2D eigenvalue weighted by Crippen LogP contribution is 2.41. The number of benzene rings is 2. The Morgan fingerprint density at radius 3 is 1.98 bits per heavy atom. The summed E-state index contributed by atoms with van der Waals surface area (Å²) in [5, 5.41) is 25.2. The fraction of sp³-hybridized carbons (Fsp3) is 0.312. The lowest BCUT2D eigenvalue weighted by molar-refractivity contribution is 0.0568. The van der Waals surface area contributed by atoms with E-state index in [1.807, 2.05) is 15.5 Å². The van der Waals surface area contributed by atoms with Crippen molar-refractivity contribution in [3.63, 3.8) is 0 Å². The molecule has 0 saturated heterocycles. The molecule has 4 aromatic rings. The Morgan fingerprint density at radius 1 is 0.745 bits per heavy atom. The number of sulfonamides is 2. The second-order valence-electron chi connectivity index (χ2n) is 12.5. The van der Waals surface area contributed by atoms with Crippen LogP contribution in [0.25, 0.3) is 0 Å². The third kappa shape index (κ3) is 7.75. The minimum atomic E-state index is -4.52. The van der Waals surface area contributed by atoms with Gasteiger partial charge in [0.2, 0.25) is 10.2 Å². The summed E-state index contributed by atoms with van der Waals surface area (Å²) >= 11 is 0. The molecule has 4 amide bonds. The van der Waals surface area contributed by atoms with Gasteiger partial charge < -0.3 is 43.9 Å². The van der Waals surface area contributed by atoms with E-state index in [9.17, 15) is 36.6 Å². The van der Waals surface area contributed by atoms with Crippen molar-refractivity contribution in [2.45, 2.75) is 55.0 Å². The maximum absolute atomic E-state index is 13.0. The first-order valence-electron chi connectivity index (χ1n) is 15.4. The predicted octanol–water partition coefficient (Wildman–Crippen LogP) is 3.28. The number of carbonyl (C=O) groups is 2. The van der Waals surface area contributed by atoms with Crippen LogP contribution in [0.4, 0.5) is 21.0 Å². The molecule has 1 atom stereocenters. The van der Waals surface area contributed by atoms with Gasteiger partial charge in [0, 0.05) is 36.1 Å². The van der Waals surface area contributed by atoms with Gasteiger partial charge in [0.05, 0.1) is 41.7 Å². The van der Waals surface area contributed by atoms with Crippen molar-refractivity contribution in [3.8, 4) is 17.2 Å². The van der Waals surface area contributed by atoms with Crippen LogP contribution in [0.3, 0.4) is 0 Å². The summed E-state index contributed by atoms with van der Waals surface area (Å²) in [5.41, 5.74) is -1.42. The highest BCUT2D eigenvalue weighted by Gasteiger charge is 2.32. The van der Waals surface area contributed by atoms with Gasteiger partial charge in [-0.15, -0.1) is 0 Å². The quantitative estimate of drug-likeness (QED) is 0.137. The Balaban J connectivity index is 1.16. The summed E-state index contributed by atoms with van der Waals surface area (Å²) in [5.74, 6) is 0.751. The standard InChI is InChI=1S/C32H34N4O13S2/c1-31(2,39)20-13-25(48-16-20)50(41,42)36-30(38)34-23-11-18(12-24-28(23)47-10-9-45-24)15-32(3,40)21-14-26(49-17-21)51(43,44)35-29(37)33-22-6-4-5-19-7-8-46-27(19)22/h4-6,11-14,16-17,39-40H,7-10,15H2,1-3H3,(H2,33,35,37)(H2,34,36,38). The Kier molecular flexibility index (Phi) is 9.17. The van der Waals surface area contributed by atoms with E-state index in [0.29, 0.717) is 30.0 Å². The number of anilines is 2. The van der Waals surface area contributed by atoms with Gasteiger partial charge in [-0.3, -0.25) is 0 Å². The van der Waals surface area contributed by atoms with Crippen LogP contribution < -0.4 is 34.3 Å². The lowest BCUT2D eigenvalue weighted by atomic mass is 9.90. The molecule has 272 valence electrons. The molecule has 2 aliphatic rings. The van der Waals surface area contributed by atoms with E-state index in [4.69, 9.17) is 23.0 Å². The number of hydrogen-bond donors (Lipinski definition) is 6. The Morgan fingerprint density at radius 2 is 1.33 bits per heavy atom. The molecule has 2 aromatic carbocycles. The van der Waals surface area contributed by atoms with Gasteiger partial charge in [-0.05, 0) is 50.1 Å². The van der Waals surface area contributed by atoms with Crippen molar-refractivity contribution in [2.75, 3.05) is 30.5 Å². The van der Waals surface area contributed by atoms with Crippen molar-refractivity contribution >= 4 is 43.5 Å². The number of hydrogen-bond acceptors (Lipinski definition) is 13.